The molecule has 0 bridgehead atoms. The number of nitrogens with zero attached hydrogens (tertiary/aromatic N) is 2. The molecular weight excluding hydrogens is 320 g/mol. The molecule has 1 aromatic rings. The van der Waals surface area contributed by atoms with E-state index in [2.05, 4.69) is 4.98 Å². The zero-order valence-electron chi connectivity index (χ0n) is 11.4. The number of amides is 1. The number of rotatable bonds is 3. The number of hydroxylamine groups is 2. The number of sulfone groups is 1. The van der Waals surface area contributed by atoms with Gasteiger partial charge in [0.05, 0.1) is 36.8 Å². The van der Waals surface area contributed by atoms with Crippen LogP contribution in [0.2, 0.25) is 5.02 Å². The van der Waals surface area contributed by atoms with E-state index in [9.17, 15) is 13.2 Å². The monoisotopic (exact) mass is 334 g/mol. The van der Waals surface area contributed by atoms with Gasteiger partial charge in [0.25, 0.3) is 5.91 Å². The van der Waals surface area contributed by atoms with Crippen LogP contribution in [0.3, 0.4) is 0 Å². The van der Waals surface area contributed by atoms with Crippen LogP contribution in [0.4, 0.5) is 0 Å². The minimum atomic E-state index is -3.17. The zero-order chi connectivity index (χ0) is 15.5. The maximum atomic E-state index is 12.3. The number of pyridine rings is 1. The minimum absolute atomic E-state index is 0.0218. The van der Waals surface area contributed by atoms with Crippen LogP contribution in [0.1, 0.15) is 17.3 Å². The predicted octanol–water partition coefficient (Wildman–Crippen LogP) is 0.936. The molecule has 116 valence electrons. The first-order valence-electron chi connectivity index (χ1n) is 6.36. The fourth-order valence-corrected chi connectivity index (χ4v) is 2.95. The van der Waals surface area contributed by atoms with Crippen molar-refractivity contribution >= 4 is 27.3 Å². The van der Waals surface area contributed by atoms with Gasteiger partial charge in [0, 0.05) is 6.20 Å². The molecule has 0 radical (unpaired) electrons. The molecule has 0 spiro atoms. The Hall–Kier alpha value is -1.38. The second-order valence-electron chi connectivity index (χ2n) is 4.34. The molecule has 2 rings (SSSR count). The predicted molar refractivity (Wildman–Crippen MR) is 76.1 cm³/mol. The Morgan fingerprint density at radius 1 is 1.52 bits per heavy atom. The Morgan fingerprint density at radius 2 is 2.29 bits per heavy atom. The third-order valence-electron chi connectivity index (χ3n) is 2.81. The number of hydrogen-bond donors (Lipinski definition) is 0. The van der Waals surface area contributed by atoms with Gasteiger partial charge in [-0.25, -0.2) is 18.5 Å². The summed E-state index contributed by atoms with van der Waals surface area (Å²) in [5, 5.41) is 1.24. The average Bonchev–Trinajstić information content (AvgIpc) is 2.61. The fourth-order valence-electron chi connectivity index (χ4n) is 1.75. The molecular formula is C12H15ClN2O5S. The second kappa shape index (κ2) is 6.59. The van der Waals surface area contributed by atoms with Gasteiger partial charge in [-0.1, -0.05) is 11.6 Å². The second-order valence-corrected chi connectivity index (χ2v) is 7.05. The summed E-state index contributed by atoms with van der Waals surface area (Å²) in [6, 6.07) is 1.42. The molecule has 21 heavy (non-hydrogen) atoms. The third-order valence-corrected chi connectivity index (χ3v) is 4.67. The summed E-state index contributed by atoms with van der Waals surface area (Å²) in [6.45, 7) is 2.13. The maximum absolute atomic E-state index is 12.3. The van der Waals surface area contributed by atoms with E-state index in [-0.39, 0.29) is 41.1 Å². The molecule has 0 N–H and O–H groups in total. The van der Waals surface area contributed by atoms with Crippen molar-refractivity contribution in [1.29, 1.82) is 0 Å². The van der Waals surface area contributed by atoms with E-state index in [0.29, 0.717) is 6.61 Å². The zero-order valence-corrected chi connectivity index (χ0v) is 13.0. The van der Waals surface area contributed by atoms with E-state index >= 15 is 0 Å². The topological polar surface area (TPSA) is 85.8 Å². The van der Waals surface area contributed by atoms with Crippen LogP contribution in [0.15, 0.2) is 12.3 Å². The molecule has 1 amide bonds. The summed E-state index contributed by atoms with van der Waals surface area (Å²) < 4.78 is 28.1. The average molecular weight is 335 g/mol. The van der Waals surface area contributed by atoms with Gasteiger partial charge in [-0.3, -0.25) is 9.63 Å². The van der Waals surface area contributed by atoms with E-state index in [1.54, 1.807) is 6.92 Å². The summed E-state index contributed by atoms with van der Waals surface area (Å²) in [5.41, 5.74) is 0.211. The molecule has 9 heteroatoms. The first-order valence-corrected chi connectivity index (χ1v) is 8.56. The van der Waals surface area contributed by atoms with Crippen molar-refractivity contribution in [2.75, 3.05) is 31.3 Å². The SMILES string of the molecule is CCOc1ncc(C(=O)N2CCS(=O)(=O)CCO2)cc1Cl. The molecule has 7 nitrogen and oxygen atoms in total. The van der Waals surface area contributed by atoms with Gasteiger partial charge >= 0.3 is 0 Å². The van der Waals surface area contributed by atoms with Crippen molar-refractivity contribution in [2.45, 2.75) is 6.92 Å². The summed E-state index contributed by atoms with van der Waals surface area (Å²) in [7, 11) is -3.17. The number of carbonyl (C=O) groups excluding carboxylic acids is 1. The highest BCUT2D eigenvalue weighted by molar-refractivity contribution is 7.91. The van der Waals surface area contributed by atoms with Crippen LogP contribution < -0.4 is 4.74 Å². The van der Waals surface area contributed by atoms with Gasteiger partial charge in [0.2, 0.25) is 5.88 Å². The number of carbonyl (C=O) groups is 1. The molecule has 1 aliphatic rings. The number of aromatic nitrogens is 1. The quantitative estimate of drug-likeness (QED) is 0.817. The Bertz CT molecular complexity index is 635. The fraction of sp³-hybridized carbons (Fsp3) is 0.500. The first kappa shape index (κ1) is 16.0. The number of ether oxygens (including phenoxy) is 1. The van der Waals surface area contributed by atoms with Crippen LogP contribution in [-0.2, 0) is 14.7 Å². The van der Waals surface area contributed by atoms with E-state index in [4.69, 9.17) is 21.2 Å². The molecule has 1 fully saturated rings. The van der Waals surface area contributed by atoms with Gasteiger partial charge in [-0.05, 0) is 13.0 Å². The van der Waals surface area contributed by atoms with Crippen molar-refractivity contribution in [2.24, 2.45) is 0 Å². The number of hydrogen-bond acceptors (Lipinski definition) is 6. The highest BCUT2D eigenvalue weighted by atomic mass is 35.5. The Morgan fingerprint density at radius 3 is 2.95 bits per heavy atom. The van der Waals surface area contributed by atoms with Gasteiger partial charge < -0.3 is 4.74 Å². The van der Waals surface area contributed by atoms with E-state index < -0.39 is 15.7 Å². The Kier molecular flexibility index (Phi) is 5.02. The number of halogens is 1. The van der Waals surface area contributed by atoms with Gasteiger partial charge in [0.15, 0.2) is 9.84 Å². The standard InChI is InChI=1S/C12H15ClN2O5S/c1-2-19-11-10(13)7-9(8-14-11)12(16)15-3-5-21(17,18)6-4-20-15/h7-8H,2-6H2,1H3. The Labute approximate surface area is 127 Å². The highest BCUT2D eigenvalue weighted by Gasteiger charge is 2.25. The van der Waals surface area contributed by atoms with Gasteiger partial charge in [0.1, 0.15) is 5.02 Å². The molecule has 2 heterocycles. The van der Waals surface area contributed by atoms with Crippen LogP contribution in [0, 0.1) is 0 Å². The minimum Gasteiger partial charge on any atom is -0.477 e. The summed E-state index contributed by atoms with van der Waals surface area (Å²) in [5.74, 6) is -0.463. The third kappa shape index (κ3) is 4.05. The lowest BCUT2D eigenvalue weighted by Crippen LogP contribution is -2.33. The lowest BCUT2D eigenvalue weighted by Gasteiger charge is -2.18. The summed E-state index contributed by atoms with van der Waals surface area (Å²) in [6.07, 6.45) is 1.32. The van der Waals surface area contributed by atoms with Gasteiger partial charge in [-0.2, -0.15) is 0 Å². The van der Waals surface area contributed by atoms with Crippen molar-refractivity contribution in [3.63, 3.8) is 0 Å². The summed E-state index contributed by atoms with van der Waals surface area (Å²) in [4.78, 5) is 21.4. The highest BCUT2D eigenvalue weighted by Crippen LogP contribution is 2.23. The van der Waals surface area contributed by atoms with Crippen molar-refractivity contribution in [3.8, 4) is 5.88 Å². The molecule has 0 atom stereocenters. The van der Waals surface area contributed by atoms with Gasteiger partial charge in [-0.15, -0.1) is 0 Å². The van der Waals surface area contributed by atoms with Crippen LogP contribution in [0.25, 0.3) is 0 Å². The van der Waals surface area contributed by atoms with E-state index in [0.717, 1.165) is 5.06 Å². The van der Waals surface area contributed by atoms with Crippen molar-refractivity contribution < 1.29 is 22.8 Å². The van der Waals surface area contributed by atoms with Crippen molar-refractivity contribution in [1.82, 2.24) is 10.0 Å². The van der Waals surface area contributed by atoms with Crippen LogP contribution in [0.5, 0.6) is 5.88 Å². The molecule has 1 aromatic heterocycles. The molecule has 0 aliphatic carbocycles. The lowest BCUT2D eigenvalue weighted by atomic mass is 10.2. The maximum Gasteiger partial charge on any atom is 0.279 e. The molecule has 0 unspecified atom stereocenters. The van der Waals surface area contributed by atoms with E-state index in [1.165, 1.54) is 12.3 Å². The molecule has 1 saturated heterocycles. The Balaban J connectivity index is 2.14. The largest absolute Gasteiger partial charge is 0.477 e. The lowest BCUT2D eigenvalue weighted by molar-refractivity contribution is -0.111. The normalized spacial score (nSPS) is 18.1. The van der Waals surface area contributed by atoms with E-state index in [1.807, 2.05) is 0 Å². The first-order chi connectivity index (χ1) is 9.93. The van der Waals surface area contributed by atoms with Crippen molar-refractivity contribution in [3.05, 3.63) is 22.8 Å². The van der Waals surface area contributed by atoms with Crippen LogP contribution >= 0.6 is 11.6 Å². The smallest absolute Gasteiger partial charge is 0.279 e. The molecule has 0 saturated carbocycles. The van der Waals surface area contributed by atoms with Crippen LogP contribution in [-0.4, -0.2) is 55.6 Å². The summed E-state index contributed by atoms with van der Waals surface area (Å²) >= 11 is 5.97. The molecule has 0 aromatic carbocycles. The molecule has 1 aliphatic heterocycles.